The van der Waals surface area contributed by atoms with Crippen LogP contribution in [0, 0.1) is 43.1 Å². The van der Waals surface area contributed by atoms with E-state index >= 15 is 0 Å². The molecule has 2 aromatic heterocycles. The third-order valence-corrected chi connectivity index (χ3v) is 5.63. The molecule has 0 aliphatic carbocycles. The summed E-state index contributed by atoms with van der Waals surface area (Å²) in [4.78, 5) is 4.94. The summed E-state index contributed by atoms with van der Waals surface area (Å²) in [6.45, 7) is 6.33. The number of hydrogen-bond donors (Lipinski definition) is 0. The van der Waals surface area contributed by atoms with E-state index in [1.165, 1.54) is 27.8 Å². The van der Waals surface area contributed by atoms with Gasteiger partial charge in [-0.1, -0.05) is 84.2 Å². The molecule has 5 aromatic rings. The van der Waals surface area contributed by atoms with Crippen molar-refractivity contribution in [1.29, 1.82) is 0 Å². The van der Waals surface area contributed by atoms with Crippen LogP contribution in [-0.2, 0) is 25.8 Å². The van der Waals surface area contributed by atoms with Crippen molar-refractivity contribution in [2.45, 2.75) is 20.8 Å². The SMILES string of the molecule is Cc1cc(C)c([N-]c2ccc3ccn(-c4ccccc4-c4ccccc4)c3n2)c(C)c1.[CH3-].[CH3-].[CH3-].[Hf+4]. The summed E-state index contributed by atoms with van der Waals surface area (Å²) < 4.78 is 2.16. The Balaban J connectivity index is 0.00000153. The quantitative estimate of drug-likeness (QED) is 0.145. The van der Waals surface area contributed by atoms with E-state index in [0.29, 0.717) is 0 Å². The Hall–Kier alpha value is -2.98. The largest absolute Gasteiger partial charge is 4.00 e. The first kappa shape index (κ1) is 30.1. The molecule has 3 nitrogen and oxygen atoms in total. The predicted molar refractivity (Wildman–Crippen MR) is 149 cm³/mol. The molecule has 0 aliphatic rings. The van der Waals surface area contributed by atoms with Crippen LogP contribution in [0.25, 0.3) is 33.2 Å². The van der Waals surface area contributed by atoms with Crippen molar-refractivity contribution < 1.29 is 25.8 Å². The van der Waals surface area contributed by atoms with Gasteiger partial charge in [0, 0.05) is 17.4 Å². The van der Waals surface area contributed by atoms with Gasteiger partial charge >= 0.3 is 25.8 Å². The van der Waals surface area contributed by atoms with Crippen LogP contribution in [0.15, 0.2) is 91.1 Å². The molecule has 0 radical (unpaired) electrons. The second kappa shape index (κ2) is 12.6. The molecule has 0 unspecified atom stereocenters. The number of hydrogen-bond acceptors (Lipinski definition) is 1. The molecule has 0 amide bonds. The third-order valence-electron chi connectivity index (χ3n) is 5.63. The molecular formula is C31H33HfN3. The normalized spacial score (nSPS) is 9.80. The van der Waals surface area contributed by atoms with Crippen molar-refractivity contribution in [2.75, 3.05) is 0 Å². The molecule has 0 bridgehead atoms. The maximum absolute atomic E-state index is 4.94. The Bertz CT molecular complexity index is 1360. The van der Waals surface area contributed by atoms with E-state index in [1.807, 2.05) is 12.1 Å². The molecule has 35 heavy (non-hydrogen) atoms. The summed E-state index contributed by atoms with van der Waals surface area (Å²) in [7, 11) is 0. The molecule has 0 N–H and O–H groups in total. The summed E-state index contributed by atoms with van der Waals surface area (Å²) in [6, 6.07) is 29.5. The first-order valence-electron chi connectivity index (χ1n) is 10.5. The number of para-hydroxylation sites is 1. The van der Waals surface area contributed by atoms with Gasteiger partial charge in [0.15, 0.2) is 0 Å². The maximum Gasteiger partial charge on any atom is 4.00 e. The second-order valence-electron chi connectivity index (χ2n) is 8.01. The zero-order chi connectivity index (χ0) is 21.4. The maximum atomic E-state index is 4.94. The molecular weight excluding hydrogens is 593 g/mol. The van der Waals surface area contributed by atoms with Gasteiger partial charge in [0.1, 0.15) is 0 Å². The van der Waals surface area contributed by atoms with Crippen LogP contribution >= 0.6 is 0 Å². The summed E-state index contributed by atoms with van der Waals surface area (Å²) >= 11 is 0. The zero-order valence-corrected chi connectivity index (χ0v) is 25.1. The molecule has 0 aliphatic heterocycles. The van der Waals surface area contributed by atoms with E-state index in [0.717, 1.165) is 28.2 Å². The van der Waals surface area contributed by atoms with E-state index in [4.69, 9.17) is 10.3 Å². The van der Waals surface area contributed by atoms with Gasteiger partial charge in [0.25, 0.3) is 0 Å². The molecule has 4 heteroatoms. The van der Waals surface area contributed by atoms with E-state index in [2.05, 4.69) is 104 Å². The van der Waals surface area contributed by atoms with Crippen LogP contribution in [-0.4, -0.2) is 9.55 Å². The number of nitrogens with zero attached hydrogens (tertiary/aromatic N) is 3. The van der Waals surface area contributed by atoms with Crippen LogP contribution in [0.3, 0.4) is 0 Å². The van der Waals surface area contributed by atoms with Gasteiger partial charge < -0.3 is 37.1 Å². The fourth-order valence-corrected chi connectivity index (χ4v) is 4.26. The Morgan fingerprint density at radius 3 is 2.03 bits per heavy atom. The van der Waals surface area contributed by atoms with E-state index in [9.17, 15) is 0 Å². The Morgan fingerprint density at radius 1 is 0.714 bits per heavy atom. The van der Waals surface area contributed by atoms with E-state index in [-0.39, 0.29) is 48.1 Å². The van der Waals surface area contributed by atoms with Crippen molar-refractivity contribution in [3.8, 4) is 16.8 Å². The summed E-state index contributed by atoms with van der Waals surface area (Å²) in [5.74, 6) is 0.722. The van der Waals surface area contributed by atoms with Crippen molar-refractivity contribution >= 4 is 22.5 Å². The summed E-state index contributed by atoms with van der Waals surface area (Å²) in [5.41, 5.74) is 8.97. The number of rotatable bonds is 4. The predicted octanol–water partition coefficient (Wildman–Crippen LogP) is 9.30. The summed E-state index contributed by atoms with van der Waals surface area (Å²) in [6.07, 6.45) is 2.09. The van der Waals surface area contributed by atoms with Gasteiger partial charge in [-0.25, -0.2) is 0 Å². The van der Waals surface area contributed by atoms with Gasteiger partial charge in [-0.3, -0.25) is 0 Å². The number of aryl methyl sites for hydroxylation is 3. The minimum Gasteiger partial charge on any atom is -0.436 e. The zero-order valence-electron chi connectivity index (χ0n) is 21.5. The molecule has 176 valence electrons. The molecule has 3 aromatic carbocycles. The van der Waals surface area contributed by atoms with Gasteiger partial charge in [-0.05, 0) is 60.7 Å². The van der Waals surface area contributed by atoms with E-state index in [1.54, 1.807) is 0 Å². The van der Waals surface area contributed by atoms with Gasteiger partial charge in [0.2, 0.25) is 0 Å². The standard InChI is InChI=1S/C28H24N3.3CH3.Hf/c1-19-17-20(2)27(21(3)18-19)29-26-14-13-23-15-16-31(28(23)30-26)25-12-8-7-11-24(25)22-9-5-4-6-10-22;;;;/h4-18H,1-3H3;3*1H3;/q4*-1;+4. The van der Waals surface area contributed by atoms with Crippen LogP contribution in [0.4, 0.5) is 11.5 Å². The molecule has 0 fully saturated rings. The fraction of sp³-hybridized carbons (Fsp3) is 0.0968. The average Bonchev–Trinajstić information content (AvgIpc) is 3.20. The van der Waals surface area contributed by atoms with Crippen LogP contribution in [0.1, 0.15) is 16.7 Å². The van der Waals surface area contributed by atoms with E-state index < -0.39 is 0 Å². The number of pyridine rings is 1. The average molecular weight is 626 g/mol. The number of benzene rings is 3. The minimum absolute atomic E-state index is 0. The van der Waals surface area contributed by atoms with Gasteiger partial charge in [0.05, 0.1) is 5.69 Å². The van der Waals surface area contributed by atoms with Crippen LogP contribution in [0.5, 0.6) is 0 Å². The molecule has 0 atom stereocenters. The van der Waals surface area contributed by atoms with Crippen LogP contribution in [0.2, 0.25) is 0 Å². The second-order valence-corrected chi connectivity index (χ2v) is 8.01. The van der Waals surface area contributed by atoms with Gasteiger partial charge in [-0.15, -0.1) is 0 Å². The van der Waals surface area contributed by atoms with Crippen molar-refractivity contribution in [2.24, 2.45) is 0 Å². The van der Waals surface area contributed by atoms with Crippen LogP contribution < -0.4 is 0 Å². The van der Waals surface area contributed by atoms with Crippen molar-refractivity contribution in [1.82, 2.24) is 9.55 Å². The van der Waals surface area contributed by atoms with Crippen molar-refractivity contribution in [3.05, 3.63) is 135 Å². The molecule has 0 saturated heterocycles. The molecule has 0 spiro atoms. The van der Waals surface area contributed by atoms with Gasteiger partial charge in [-0.2, -0.15) is 0 Å². The first-order chi connectivity index (χ1) is 15.1. The number of aromatic nitrogens is 2. The Kier molecular flexibility index (Phi) is 10.9. The van der Waals surface area contributed by atoms with Crippen molar-refractivity contribution in [3.63, 3.8) is 0 Å². The minimum atomic E-state index is 0. The first-order valence-corrected chi connectivity index (χ1v) is 10.5. The summed E-state index contributed by atoms with van der Waals surface area (Å²) in [5, 5.41) is 6.00. The smallest absolute Gasteiger partial charge is 0.436 e. The molecule has 0 saturated carbocycles. The monoisotopic (exact) mass is 627 g/mol. The Labute approximate surface area is 230 Å². The Morgan fingerprint density at radius 2 is 1.34 bits per heavy atom. The topological polar surface area (TPSA) is 31.9 Å². The molecule has 5 rings (SSSR count). The third kappa shape index (κ3) is 5.99. The number of fused-ring (bicyclic) bond motifs is 1. The fourth-order valence-electron chi connectivity index (χ4n) is 4.26. The molecule has 2 heterocycles.